The summed E-state index contributed by atoms with van der Waals surface area (Å²) in [6.07, 6.45) is 7.34. The molecule has 2 aromatic heterocycles. The fourth-order valence-electron chi connectivity index (χ4n) is 8.55. The van der Waals surface area contributed by atoms with Gasteiger partial charge in [-0.3, -0.25) is 4.79 Å². The van der Waals surface area contributed by atoms with Crippen molar-refractivity contribution < 1.29 is 18.7 Å². The second kappa shape index (κ2) is 13.9. The standard InChI is InChI=1S/C42H49FN6O3/c1-5-27-14-13-26(2)48(24-27)41(50)31-21-35-39(37(23-31)52-4)46(3)40(44-35)36-22-30-9-8-10-32(38(30)49(36)25-28-15-16-28)29-17-19-47(20-18-29)42(51)45-34-12-7-6-11-33(34)43/h6-12,21-23,26-29H,5,13-20,24-25H2,1-4H3,(H,45,51)/t26-,27+/m0/s1. The second-order valence-electron chi connectivity index (χ2n) is 15.2. The van der Waals surface area contributed by atoms with E-state index in [-0.39, 0.29) is 29.6 Å². The number of hydrogen-bond donors (Lipinski definition) is 1. The van der Waals surface area contributed by atoms with Gasteiger partial charge in [0.25, 0.3) is 5.91 Å². The van der Waals surface area contributed by atoms with Gasteiger partial charge >= 0.3 is 6.03 Å². The number of carbonyl (C=O) groups excluding carboxylic acids is 2. The molecule has 0 radical (unpaired) electrons. The number of fused-ring (bicyclic) bond motifs is 2. The van der Waals surface area contributed by atoms with E-state index in [1.54, 1.807) is 30.2 Å². The summed E-state index contributed by atoms with van der Waals surface area (Å²) in [5, 5.41) is 3.92. The molecule has 272 valence electrons. The van der Waals surface area contributed by atoms with E-state index in [4.69, 9.17) is 9.72 Å². The number of ether oxygens (including phenoxy) is 1. The van der Waals surface area contributed by atoms with Gasteiger partial charge in [-0.25, -0.2) is 14.2 Å². The molecule has 1 aliphatic carbocycles. The van der Waals surface area contributed by atoms with Crippen LogP contribution in [0.3, 0.4) is 0 Å². The predicted octanol–water partition coefficient (Wildman–Crippen LogP) is 8.81. The van der Waals surface area contributed by atoms with Crippen LogP contribution in [-0.4, -0.2) is 68.6 Å². The monoisotopic (exact) mass is 704 g/mol. The number of rotatable bonds is 8. The van der Waals surface area contributed by atoms with Gasteiger partial charge in [-0.2, -0.15) is 0 Å². The van der Waals surface area contributed by atoms with Gasteiger partial charge in [0.1, 0.15) is 17.1 Å². The summed E-state index contributed by atoms with van der Waals surface area (Å²) in [7, 11) is 3.70. The molecule has 2 aliphatic heterocycles. The van der Waals surface area contributed by atoms with Crippen LogP contribution in [0.1, 0.15) is 80.6 Å². The lowest BCUT2D eigenvalue weighted by molar-refractivity contribution is 0.0556. The molecule has 8 rings (SSSR count). The molecule has 0 bridgehead atoms. The van der Waals surface area contributed by atoms with Crippen LogP contribution in [-0.2, 0) is 13.6 Å². The van der Waals surface area contributed by atoms with Gasteiger partial charge in [-0.05, 0) is 99.1 Å². The van der Waals surface area contributed by atoms with Crippen LogP contribution in [0.5, 0.6) is 5.75 Å². The Balaban J connectivity index is 1.12. The first-order valence-electron chi connectivity index (χ1n) is 19.0. The van der Waals surface area contributed by atoms with Crippen molar-refractivity contribution in [2.24, 2.45) is 18.9 Å². The fourth-order valence-corrected chi connectivity index (χ4v) is 8.55. The molecule has 1 N–H and O–H groups in total. The van der Waals surface area contributed by atoms with Crippen LogP contribution in [0.15, 0.2) is 60.7 Å². The Morgan fingerprint density at radius 3 is 2.44 bits per heavy atom. The maximum atomic E-state index is 14.2. The first-order chi connectivity index (χ1) is 25.2. The molecule has 4 heterocycles. The third-order valence-corrected chi connectivity index (χ3v) is 11.9. The summed E-state index contributed by atoms with van der Waals surface area (Å²) >= 11 is 0. The SMILES string of the molecule is CC[C@@H]1CC[C@H](C)N(C(=O)c2cc(OC)c3c(c2)nc(-c2cc4cccc(C5CCN(C(=O)Nc6ccccc6F)CC5)c4n2CC2CC2)n3C)C1. The number of imidazole rings is 1. The maximum absolute atomic E-state index is 14.2. The molecule has 2 atom stereocenters. The van der Waals surface area contributed by atoms with E-state index in [1.165, 1.54) is 35.4 Å². The summed E-state index contributed by atoms with van der Waals surface area (Å²) in [6.45, 7) is 7.25. The minimum atomic E-state index is -0.435. The normalized spacial score (nSPS) is 19.8. The van der Waals surface area contributed by atoms with Gasteiger partial charge < -0.3 is 29.0 Å². The number of para-hydroxylation sites is 2. The van der Waals surface area contributed by atoms with Crippen LogP contribution in [0.4, 0.5) is 14.9 Å². The Bertz CT molecular complexity index is 2140. The number of halogens is 1. The number of anilines is 1. The predicted molar refractivity (Wildman–Crippen MR) is 203 cm³/mol. The van der Waals surface area contributed by atoms with Crippen molar-refractivity contribution in [1.82, 2.24) is 23.9 Å². The van der Waals surface area contributed by atoms with Gasteiger partial charge in [-0.1, -0.05) is 43.7 Å². The van der Waals surface area contributed by atoms with Gasteiger partial charge in [0.05, 0.1) is 29.5 Å². The molecule has 5 aromatic rings. The number of methoxy groups -OCH3 is 1. The zero-order chi connectivity index (χ0) is 36.1. The van der Waals surface area contributed by atoms with Crippen molar-refractivity contribution >= 4 is 39.6 Å². The van der Waals surface area contributed by atoms with Crippen LogP contribution < -0.4 is 10.1 Å². The molecule has 0 spiro atoms. The Morgan fingerprint density at radius 1 is 0.942 bits per heavy atom. The number of aryl methyl sites for hydroxylation is 1. The molecule has 3 aromatic carbocycles. The highest BCUT2D eigenvalue weighted by atomic mass is 19.1. The topological polar surface area (TPSA) is 84.6 Å². The van der Waals surface area contributed by atoms with E-state index >= 15 is 0 Å². The average molecular weight is 705 g/mol. The number of likely N-dealkylation sites (tertiary alicyclic amines) is 2. The fraction of sp³-hybridized carbons (Fsp3) is 0.452. The smallest absolute Gasteiger partial charge is 0.321 e. The summed E-state index contributed by atoms with van der Waals surface area (Å²) in [6, 6.07) is 18.9. The summed E-state index contributed by atoms with van der Waals surface area (Å²) in [5.41, 5.74) is 6.03. The molecule has 52 heavy (non-hydrogen) atoms. The Kier molecular flexibility index (Phi) is 9.17. The largest absolute Gasteiger partial charge is 0.494 e. The van der Waals surface area contributed by atoms with Gasteiger partial charge in [-0.15, -0.1) is 0 Å². The molecule has 0 unspecified atom stereocenters. The lowest BCUT2D eigenvalue weighted by Gasteiger charge is -2.38. The van der Waals surface area contributed by atoms with E-state index in [9.17, 15) is 14.0 Å². The van der Waals surface area contributed by atoms with Crippen molar-refractivity contribution in [3.63, 3.8) is 0 Å². The van der Waals surface area contributed by atoms with E-state index in [0.29, 0.717) is 36.2 Å². The van der Waals surface area contributed by atoms with E-state index in [0.717, 1.165) is 67.7 Å². The average Bonchev–Trinajstić information content (AvgIpc) is 3.83. The third-order valence-electron chi connectivity index (χ3n) is 11.9. The van der Waals surface area contributed by atoms with Gasteiger partial charge in [0.15, 0.2) is 5.82 Å². The van der Waals surface area contributed by atoms with E-state index < -0.39 is 5.82 Å². The summed E-state index contributed by atoms with van der Waals surface area (Å²) < 4.78 is 24.8. The first-order valence-corrected chi connectivity index (χ1v) is 19.0. The number of hydrogen-bond acceptors (Lipinski definition) is 4. The molecule has 9 nitrogen and oxygen atoms in total. The quantitative estimate of drug-likeness (QED) is 0.175. The number of amides is 3. The van der Waals surface area contributed by atoms with Gasteiger partial charge in [0.2, 0.25) is 0 Å². The molecule has 10 heteroatoms. The number of benzene rings is 3. The van der Waals surface area contributed by atoms with Crippen molar-refractivity contribution in [3.05, 3.63) is 77.6 Å². The number of aromatic nitrogens is 3. The van der Waals surface area contributed by atoms with E-state index in [2.05, 4.69) is 52.6 Å². The molecule has 3 aliphatic rings. The molecular weight excluding hydrogens is 655 g/mol. The van der Waals surface area contributed by atoms with Crippen molar-refractivity contribution in [2.75, 3.05) is 32.1 Å². The number of nitrogens with zero attached hydrogens (tertiary/aromatic N) is 5. The lowest BCUT2D eigenvalue weighted by atomic mass is 9.88. The zero-order valence-corrected chi connectivity index (χ0v) is 30.7. The molecule has 2 saturated heterocycles. The minimum Gasteiger partial charge on any atom is -0.494 e. The van der Waals surface area contributed by atoms with E-state index in [1.807, 2.05) is 24.1 Å². The minimum absolute atomic E-state index is 0.0429. The van der Waals surface area contributed by atoms with Crippen LogP contribution in [0, 0.1) is 17.7 Å². The highest BCUT2D eigenvalue weighted by molar-refractivity contribution is 6.00. The van der Waals surface area contributed by atoms with Gasteiger partial charge in [0, 0.05) is 50.2 Å². The summed E-state index contributed by atoms with van der Waals surface area (Å²) in [5.74, 6) is 2.53. The Hall–Kier alpha value is -4.86. The zero-order valence-electron chi connectivity index (χ0n) is 30.7. The Morgan fingerprint density at radius 2 is 1.71 bits per heavy atom. The maximum Gasteiger partial charge on any atom is 0.321 e. The van der Waals surface area contributed by atoms with Crippen LogP contribution >= 0.6 is 0 Å². The number of piperidine rings is 2. The lowest BCUT2D eigenvalue weighted by Crippen LogP contribution is -2.45. The van der Waals surface area contributed by atoms with Crippen molar-refractivity contribution in [1.29, 1.82) is 0 Å². The van der Waals surface area contributed by atoms with Crippen LogP contribution in [0.25, 0.3) is 33.5 Å². The molecule has 1 saturated carbocycles. The third kappa shape index (κ3) is 6.30. The van der Waals surface area contributed by atoms with Crippen molar-refractivity contribution in [3.8, 4) is 17.3 Å². The Labute approximate surface area is 304 Å². The number of urea groups is 1. The number of nitrogens with one attached hydrogen (secondary N) is 1. The molecule has 3 fully saturated rings. The molecular formula is C42H49FN6O3. The van der Waals surface area contributed by atoms with Crippen LogP contribution in [0.2, 0.25) is 0 Å². The van der Waals surface area contributed by atoms with Crippen molar-refractivity contribution in [2.45, 2.75) is 77.3 Å². The number of carbonyl (C=O) groups is 2. The molecule has 3 amide bonds. The first kappa shape index (κ1) is 34.2. The highest BCUT2D eigenvalue weighted by Crippen LogP contribution is 2.41. The summed E-state index contributed by atoms with van der Waals surface area (Å²) in [4.78, 5) is 36.1. The second-order valence-corrected chi connectivity index (χ2v) is 15.2. The highest BCUT2D eigenvalue weighted by Gasteiger charge is 2.32.